The highest BCUT2D eigenvalue weighted by Gasteiger charge is 2.33. The minimum absolute atomic E-state index is 0.0263. The molecule has 4 heteroatoms. The number of ether oxygens (including phenoxy) is 1. The average molecular weight is 343 g/mol. The molecule has 0 bridgehead atoms. The van der Waals surface area contributed by atoms with E-state index in [1.165, 1.54) is 34.9 Å². The Labute approximate surface area is 150 Å². The minimum Gasteiger partial charge on any atom is -0.467 e. The first-order valence-electron chi connectivity index (χ1n) is 8.90. The number of rotatable bonds is 4. The zero-order valence-electron chi connectivity index (χ0n) is 16.2. The van der Waals surface area contributed by atoms with E-state index >= 15 is 0 Å². The summed E-state index contributed by atoms with van der Waals surface area (Å²) in [5.41, 5.74) is 6.31. The van der Waals surface area contributed by atoms with Gasteiger partial charge in [0, 0.05) is 12.1 Å². The SMILES string of the molecule is COC(=O)[C@@H]1CCC=CN1C(=O)[C@@H](C)Cc1cc(C)c(C)c(C)c1C. The van der Waals surface area contributed by atoms with Crippen LogP contribution in [0, 0.1) is 33.6 Å². The van der Waals surface area contributed by atoms with Crippen LogP contribution >= 0.6 is 0 Å². The highest BCUT2D eigenvalue weighted by atomic mass is 16.5. The zero-order chi connectivity index (χ0) is 18.7. The van der Waals surface area contributed by atoms with E-state index in [0.29, 0.717) is 12.8 Å². The Morgan fingerprint density at radius 2 is 1.88 bits per heavy atom. The normalized spacial score (nSPS) is 18.2. The number of methoxy groups -OCH3 is 1. The number of nitrogens with zero attached hydrogens (tertiary/aromatic N) is 1. The molecule has 0 radical (unpaired) electrons. The molecule has 4 nitrogen and oxygen atoms in total. The molecule has 1 amide bonds. The van der Waals surface area contributed by atoms with Crippen molar-refractivity contribution in [3.8, 4) is 0 Å². The van der Waals surface area contributed by atoms with Gasteiger partial charge in [0.05, 0.1) is 7.11 Å². The number of hydrogen-bond donors (Lipinski definition) is 0. The molecule has 0 spiro atoms. The first kappa shape index (κ1) is 19.2. The van der Waals surface area contributed by atoms with Gasteiger partial charge in [-0.2, -0.15) is 0 Å². The third kappa shape index (κ3) is 3.94. The van der Waals surface area contributed by atoms with Crippen LogP contribution in [0.2, 0.25) is 0 Å². The van der Waals surface area contributed by atoms with Crippen molar-refractivity contribution in [1.29, 1.82) is 0 Å². The quantitative estimate of drug-likeness (QED) is 0.782. The predicted octanol–water partition coefficient (Wildman–Crippen LogP) is 3.78. The largest absolute Gasteiger partial charge is 0.467 e. The van der Waals surface area contributed by atoms with E-state index in [-0.39, 0.29) is 17.8 Å². The average Bonchev–Trinajstić information content (AvgIpc) is 2.62. The van der Waals surface area contributed by atoms with E-state index in [1.54, 1.807) is 11.1 Å². The van der Waals surface area contributed by atoms with Gasteiger partial charge in [-0.05, 0) is 74.8 Å². The molecular formula is C21H29NO3. The second kappa shape index (κ2) is 7.85. The maximum atomic E-state index is 12.9. The third-order valence-corrected chi connectivity index (χ3v) is 5.47. The summed E-state index contributed by atoms with van der Waals surface area (Å²) in [4.78, 5) is 26.5. The molecule has 1 aliphatic rings. The van der Waals surface area contributed by atoms with Crippen LogP contribution in [0.1, 0.15) is 47.6 Å². The van der Waals surface area contributed by atoms with Gasteiger partial charge < -0.3 is 9.64 Å². The van der Waals surface area contributed by atoms with Crippen LogP contribution < -0.4 is 0 Å². The van der Waals surface area contributed by atoms with E-state index < -0.39 is 6.04 Å². The minimum atomic E-state index is -0.507. The van der Waals surface area contributed by atoms with Gasteiger partial charge in [0.2, 0.25) is 5.91 Å². The van der Waals surface area contributed by atoms with Gasteiger partial charge in [0.1, 0.15) is 6.04 Å². The number of aryl methyl sites for hydroxylation is 1. The number of carbonyl (C=O) groups excluding carboxylic acids is 2. The highest BCUT2D eigenvalue weighted by Crippen LogP contribution is 2.25. The number of amides is 1. The summed E-state index contributed by atoms with van der Waals surface area (Å²) in [5, 5.41) is 0. The van der Waals surface area contributed by atoms with Gasteiger partial charge in [0.25, 0.3) is 0 Å². The zero-order valence-corrected chi connectivity index (χ0v) is 16.2. The Hall–Kier alpha value is -2.10. The Balaban J connectivity index is 2.21. The molecule has 0 N–H and O–H groups in total. The molecule has 1 aromatic rings. The Morgan fingerprint density at radius 3 is 2.52 bits per heavy atom. The van der Waals surface area contributed by atoms with Gasteiger partial charge in [-0.25, -0.2) is 4.79 Å². The molecule has 0 fully saturated rings. The van der Waals surface area contributed by atoms with Gasteiger partial charge >= 0.3 is 5.97 Å². The molecule has 0 saturated carbocycles. The van der Waals surface area contributed by atoms with Crippen molar-refractivity contribution < 1.29 is 14.3 Å². The van der Waals surface area contributed by atoms with E-state index in [4.69, 9.17) is 4.74 Å². The van der Waals surface area contributed by atoms with Crippen molar-refractivity contribution in [2.45, 2.75) is 59.9 Å². The Morgan fingerprint density at radius 1 is 1.20 bits per heavy atom. The second-order valence-corrected chi connectivity index (χ2v) is 7.08. The highest BCUT2D eigenvalue weighted by molar-refractivity contribution is 5.87. The van der Waals surface area contributed by atoms with Crippen LogP contribution in [0.4, 0.5) is 0 Å². The topological polar surface area (TPSA) is 46.6 Å². The van der Waals surface area contributed by atoms with E-state index in [2.05, 4.69) is 33.8 Å². The molecule has 25 heavy (non-hydrogen) atoms. The van der Waals surface area contributed by atoms with Crippen LogP contribution in [-0.2, 0) is 20.7 Å². The maximum absolute atomic E-state index is 12.9. The summed E-state index contributed by atoms with van der Waals surface area (Å²) in [6.45, 7) is 10.4. The van der Waals surface area contributed by atoms with Crippen LogP contribution in [0.15, 0.2) is 18.3 Å². The van der Waals surface area contributed by atoms with E-state index in [0.717, 1.165) is 6.42 Å². The summed E-state index contributed by atoms with van der Waals surface area (Å²) in [7, 11) is 1.37. The second-order valence-electron chi connectivity index (χ2n) is 7.08. The van der Waals surface area contributed by atoms with Crippen LogP contribution in [0.3, 0.4) is 0 Å². The maximum Gasteiger partial charge on any atom is 0.328 e. The van der Waals surface area contributed by atoms with Gasteiger partial charge in [0.15, 0.2) is 0 Å². The van der Waals surface area contributed by atoms with Crippen LogP contribution in [-0.4, -0.2) is 29.9 Å². The lowest BCUT2D eigenvalue weighted by atomic mass is 9.89. The van der Waals surface area contributed by atoms with Crippen LogP contribution in [0.5, 0.6) is 0 Å². The lowest BCUT2D eigenvalue weighted by Gasteiger charge is -2.31. The molecule has 2 atom stereocenters. The van der Waals surface area contributed by atoms with Gasteiger partial charge in [-0.3, -0.25) is 4.79 Å². The number of allylic oxidation sites excluding steroid dienone is 1. The summed E-state index contributed by atoms with van der Waals surface area (Å²) < 4.78 is 4.87. The molecule has 1 aromatic carbocycles. The fourth-order valence-electron chi connectivity index (χ4n) is 3.46. The van der Waals surface area contributed by atoms with Crippen molar-refractivity contribution in [3.05, 3.63) is 46.2 Å². The summed E-state index contributed by atoms with van der Waals surface area (Å²) in [5.74, 6) is -0.570. The smallest absolute Gasteiger partial charge is 0.328 e. The fraction of sp³-hybridized carbons (Fsp3) is 0.524. The molecular weight excluding hydrogens is 314 g/mol. The fourth-order valence-corrected chi connectivity index (χ4v) is 3.46. The van der Waals surface area contributed by atoms with Crippen LogP contribution in [0.25, 0.3) is 0 Å². The van der Waals surface area contributed by atoms with Crippen molar-refractivity contribution in [1.82, 2.24) is 4.90 Å². The first-order valence-corrected chi connectivity index (χ1v) is 8.90. The predicted molar refractivity (Wildman–Crippen MR) is 99.3 cm³/mol. The molecule has 2 rings (SSSR count). The van der Waals surface area contributed by atoms with E-state index in [9.17, 15) is 9.59 Å². The Kier molecular flexibility index (Phi) is 6.04. The summed E-state index contributed by atoms with van der Waals surface area (Å²) >= 11 is 0. The molecule has 0 aromatic heterocycles. The number of carbonyl (C=O) groups is 2. The lowest BCUT2D eigenvalue weighted by molar-refractivity contribution is -0.152. The molecule has 0 aliphatic carbocycles. The molecule has 1 heterocycles. The Bertz CT molecular complexity index is 706. The van der Waals surface area contributed by atoms with Gasteiger partial charge in [-0.1, -0.05) is 19.1 Å². The molecule has 1 aliphatic heterocycles. The van der Waals surface area contributed by atoms with E-state index in [1.807, 2.05) is 13.0 Å². The van der Waals surface area contributed by atoms with Crippen molar-refractivity contribution >= 4 is 11.9 Å². The molecule has 0 unspecified atom stereocenters. The number of esters is 1. The number of benzene rings is 1. The first-order chi connectivity index (χ1) is 11.8. The summed E-state index contributed by atoms with van der Waals surface area (Å²) in [6, 6.07) is 1.68. The lowest BCUT2D eigenvalue weighted by Crippen LogP contribution is -2.46. The van der Waals surface area contributed by atoms with Crippen molar-refractivity contribution in [2.75, 3.05) is 7.11 Å². The van der Waals surface area contributed by atoms with Crippen molar-refractivity contribution in [3.63, 3.8) is 0 Å². The van der Waals surface area contributed by atoms with Gasteiger partial charge in [-0.15, -0.1) is 0 Å². The number of hydrogen-bond acceptors (Lipinski definition) is 3. The molecule has 0 saturated heterocycles. The third-order valence-electron chi connectivity index (χ3n) is 5.47. The summed E-state index contributed by atoms with van der Waals surface area (Å²) in [6.07, 6.45) is 5.75. The molecule has 136 valence electrons. The standard InChI is InChI=1S/C21H29NO3/c1-13-11-18(17(5)16(4)15(13)3)12-14(2)20(23)22-10-8-7-9-19(22)21(24)25-6/h8,10-11,14,19H,7,9,12H2,1-6H3/t14-,19-/m0/s1. The van der Waals surface area contributed by atoms with Crippen molar-refractivity contribution in [2.24, 2.45) is 5.92 Å². The monoisotopic (exact) mass is 343 g/mol.